The van der Waals surface area contributed by atoms with Crippen LogP contribution in [0.2, 0.25) is 0 Å². The van der Waals surface area contributed by atoms with Gasteiger partial charge in [0.05, 0.1) is 11.1 Å². The number of aryl methyl sites for hydroxylation is 2. The number of hydrogen-bond acceptors (Lipinski definition) is 2. The molecule has 0 spiro atoms. The maximum Gasteiger partial charge on any atom is 0.337 e. The van der Waals surface area contributed by atoms with Gasteiger partial charge in [-0.25, -0.2) is 9.59 Å². The Bertz CT molecular complexity index is 2440. The van der Waals surface area contributed by atoms with E-state index in [2.05, 4.69) is 80.6 Å². The van der Waals surface area contributed by atoms with E-state index in [9.17, 15) is 19.8 Å². The van der Waals surface area contributed by atoms with Crippen molar-refractivity contribution < 1.29 is 19.8 Å². The summed E-state index contributed by atoms with van der Waals surface area (Å²) in [5.74, 6) is -2.48. The summed E-state index contributed by atoms with van der Waals surface area (Å²) in [6, 6.07) is 33.4. The van der Waals surface area contributed by atoms with Gasteiger partial charge < -0.3 is 10.2 Å². The molecule has 0 aliphatic carbocycles. The molecular formula is C52H56O4. The summed E-state index contributed by atoms with van der Waals surface area (Å²) >= 11 is 0. The third kappa shape index (κ3) is 8.03. The van der Waals surface area contributed by atoms with Crippen molar-refractivity contribution >= 4 is 55.0 Å². The molecule has 7 aromatic rings. The van der Waals surface area contributed by atoms with Gasteiger partial charge in [0, 0.05) is 10.9 Å². The topological polar surface area (TPSA) is 74.6 Å². The lowest BCUT2D eigenvalue weighted by molar-refractivity contribution is 0.0654. The van der Waals surface area contributed by atoms with E-state index < -0.39 is 11.9 Å². The van der Waals surface area contributed by atoms with E-state index in [0.717, 1.165) is 68.1 Å². The van der Waals surface area contributed by atoms with Gasteiger partial charge in [-0.1, -0.05) is 188 Å². The van der Waals surface area contributed by atoms with Crippen LogP contribution >= 0.6 is 0 Å². The zero-order chi connectivity index (χ0) is 39.0. The maximum atomic E-state index is 13.4. The summed E-state index contributed by atoms with van der Waals surface area (Å²) in [4.78, 5) is 26.7. The van der Waals surface area contributed by atoms with E-state index in [-0.39, 0.29) is 11.1 Å². The molecule has 0 bridgehead atoms. The summed E-state index contributed by atoms with van der Waals surface area (Å²) in [5.41, 5.74) is 5.59. The number of fused-ring (bicyclic) bond motifs is 2. The highest BCUT2D eigenvalue weighted by atomic mass is 16.4. The van der Waals surface area contributed by atoms with Crippen LogP contribution in [0.4, 0.5) is 0 Å². The quantitative estimate of drug-likeness (QED) is 0.0463. The van der Waals surface area contributed by atoms with Crippen LogP contribution in [0.25, 0.3) is 65.3 Å². The lowest BCUT2D eigenvalue weighted by atomic mass is 9.80. The van der Waals surface area contributed by atoms with Crippen LogP contribution in [0.3, 0.4) is 0 Å². The van der Waals surface area contributed by atoms with Crippen molar-refractivity contribution in [2.75, 3.05) is 0 Å². The first-order chi connectivity index (χ1) is 27.4. The smallest absolute Gasteiger partial charge is 0.337 e. The minimum atomic E-state index is -1.24. The van der Waals surface area contributed by atoms with Crippen LogP contribution < -0.4 is 0 Å². The summed E-state index contributed by atoms with van der Waals surface area (Å²) in [5, 5.41) is 28.5. The summed E-state index contributed by atoms with van der Waals surface area (Å²) in [6.45, 7) is 4.50. The molecule has 56 heavy (non-hydrogen) atoms. The predicted octanol–water partition coefficient (Wildman–Crippen LogP) is 15.1. The van der Waals surface area contributed by atoms with Crippen molar-refractivity contribution in [3.05, 3.63) is 119 Å². The zero-order valence-electron chi connectivity index (χ0n) is 33.3. The molecule has 288 valence electrons. The highest BCUT2D eigenvalue weighted by molar-refractivity contribution is 6.39. The van der Waals surface area contributed by atoms with E-state index in [1.54, 1.807) is 0 Å². The summed E-state index contributed by atoms with van der Waals surface area (Å²) in [7, 11) is 0. The number of carboxylic acids is 2. The van der Waals surface area contributed by atoms with Gasteiger partial charge in [-0.2, -0.15) is 0 Å². The second-order valence-electron chi connectivity index (χ2n) is 15.9. The number of benzene rings is 7. The van der Waals surface area contributed by atoms with Crippen molar-refractivity contribution in [2.24, 2.45) is 0 Å². The second kappa shape index (κ2) is 18.2. The molecule has 0 saturated carbocycles. The zero-order valence-corrected chi connectivity index (χ0v) is 33.3. The number of hydrogen-bond donors (Lipinski definition) is 2. The van der Waals surface area contributed by atoms with Crippen LogP contribution in [0, 0.1) is 0 Å². The third-order valence-electron chi connectivity index (χ3n) is 12.0. The number of carbonyl (C=O) groups is 2. The Kier molecular flexibility index (Phi) is 12.7. The molecule has 0 atom stereocenters. The third-order valence-corrected chi connectivity index (χ3v) is 12.0. The van der Waals surface area contributed by atoms with Crippen molar-refractivity contribution in [3.63, 3.8) is 0 Å². The maximum absolute atomic E-state index is 13.4. The molecule has 4 nitrogen and oxygen atoms in total. The van der Waals surface area contributed by atoms with E-state index in [0.29, 0.717) is 16.5 Å². The minimum absolute atomic E-state index is 0.155. The molecule has 0 fully saturated rings. The molecule has 0 radical (unpaired) electrons. The fourth-order valence-electron chi connectivity index (χ4n) is 9.11. The van der Waals surface area contributed by atoms with E-state index >= 15 is 0 Å². The Balaban J connectivity index is 1.28. The van der Waals surface area contributed by atoms with Gasteiger partial charge in [0.2, 0.25) is 0 Å². The van der Waals surface area contributed by atoms with Crippen LogP contribution in [-0.2, 0) is 12.8 Å². The van der Waals surface area contributed by atoms with Gasteiger partial charge >= 0.3 is 11.9 Å². The van der Waals surface area contributed by atoms with Gasteiger partial charge in [0.1, 0.15) is 0 Å². The molecule has 0 saturated heterocycles. The van der Waals surface area contributed by atoms with E-state index in [1.165, 1.54) is 94.6 Å². The average Bonchev–Trinajstić information content (AvgIpc) is 3.21. The normalized spacial score (nSPS) is 11.8. The molecule has 4 heteroatoms. The van der Waals surface area contributed by atoms with Gasteiger partial charge in [-0.15, -0.1) is 0 Å². The van der Waals surface area contributed by atoms with Crippen molar-refractivity contribution in [1.29, 1.82) is 0 Å². The van der Waals surface area contributed by atoms with Crippen molar-refractivity contribution in [2.45, 2.75) is 117 Å². The first kappa shape index (κ1) is 39.0. The molecule has 2 N–H and O–H groups in total. The van der Waals surface area contributed by atoms with Gasteiger partial charge in [-0.3, -0.25) is 0 Å². The highest BCUT2D eigenvalue weighted by Gasteiger charge is 2.30. The molecule has 0 amide bonds. The summed E-state index contributed by atoms with van der Waals surface area (Å²) < 4.78 is 0. The van der Waals surface area contributed by atoms with E-state index in [4.69, 9.17) is 0 Å². The fraction of sp³-hybridized carbons (Fsp3) is 0.346. The molecular weight excluding hydrogens is 689 g/mol. The molecule has 0 aliphatic heterocycles. The molecule has 0 aliphatic rings. The van der Waals surface area contributed by atoms with Crippen LogP contribution in [0.1, 0.15) is 136 Å². The second-order valence-corrected chi connectivity index (χ2v) is 15.9. The van der Waals surface area contributed by atoms with Crippen molar-refractivity contribution in [1.82, 2.24) is 0 Å². The lowest BCUT2D eigenvalue weighted by Gasteiger charge is -2.22. The number of aromatic carboxylic acids is 2. The van der Waals surface area contributed by atoms with Gasteiger partial charge in [-0.05, 0) is 91.2 Å². The first-order valence-electron chi connectivity index (χ1n) is 21.3. The first-order valence-corrected chi connectivity index (χ1v) is 21.3. The molecule has 0 heterocycles. The Morgan fingerprint density at radius 2 is 0.875 bits per heavy atom. The number of unbranched alkanes of at least 4 members (excludes halogenated alkanes) is 12. The fourth-order valence-corrected chi connectivity index (χ4v) is 9.11. The molecule has 7 aromatic carbocycles. The average molecular weight is 745 g/mol. The van der Waals surface area contributed by atoms with E-state index in [1.807, 2.05) is 30.3 Å². The molecule has 0 unspecified atom stereocenters. The SMILES string of the molecule is CCCCCCCCCc1ccc(-c2ccc3c4c(C(=O)O)c(C(=O)O)c(-c5ccc(CCCCCCCCC)cc5)c5cccc(c6cccc2c63)c54)cc1. The lowest BCUT2D eigenvalue weighted by Crippen LogP contribution is -2.12. The van der Waals surface area contributed by atoms with Gasteiger partial charge in [0.25, 0.3) is 0 Å². The van der Waals surface area contributed by atoms with Gasteiger partial charge in [0.15, 0.2) is 0 Å². The predicted molar refractivity (Wildman–Crippen MR) is 236 cm³/mol. The Morgan fingerprint density at radius 1 is 0.411 bits per heavy atom. The monoisotopic (exact) mass is 744 g/mol. The van der Waals surface area contributed by atoms with Crippen LogP contribution in [-0.4, -0.2) is 22.2 Å². The number of rotatable bonds is 20. The Labute approximate surface area is 331 Å². The minimum Gasteiger partial charge on any atom is -0.478 e. The largest absolute Gasteiger partial charge is 0.478 e. The van der Waals surface area contributed by atoms with Crippen LogP contribution in [0.15, 0.2) is 97.1 Å². The Morgan fingerprint density at radius 3 is 1.41 bits per heavy atom. The number of carboxylic acid groups (broad SMARTS) is 2. The highest BCUT2D eigenvalue weighted by Crippen LogP contribution is 2.48. The van der Waals surface area contributed by atoms with Crippen molar-refractivity contribution in [3.8, 4) is 22.3 Å². The standard InChI is InChI=1S/C52H56O4/c1-3-5-7-9-11-13-15-19-35-25-29-37(30-26-35)39-33-34-44-46-40(39)21-17-22-41(46)42-23-18-24-43-45(49(51(53)54)50(52(55)56)48(44)47(42)43)38-31-27-36(28-32-38)20-16-14-12-10-8-6-4-2/h17-18,21-34H,3-16,19-20H2,1-2H3,(H,53,54)(H,55,56). The summed E-state index contributed by atoms with van der Waals surface area (Å²) in [6.07, 6.45) is 19.8. The molecule has 7 rings (SSSR count). The Hall–Kier alpha value is -5.22. The van der Waals surface area contributed by atoms with Crippen LogP contribution in [0.5, 0.6) is 0 Å². The molecule has 0 aromatic heterocycles.